The lowest BCUT2D eigenvalue weighted by atomic mass is 9.16. The molecule has 6 aliphatic carbocycles. The number of benzene rings is 2. The SMILES string of the molecule is COc1c(CN2O[C@@H](CO)[C@@H](C(C)=O)[C@H]2C(=O)NC2CC34CC(C3)([C@@H]2C)C4(C)C)cccc1-c1cc(C(=O)N[C@@H](CN(C)C)CS(=O)(=O)C(C)(C)C)cc(N(C)C)c1. The van der Waals surface area contributed by atoms with Crippen LogP contribution in [-0.4, -0.2) is 124 Å². The Bertz CT molecular complexity index is 2040. The van der Waals surface area contributed by atoms with Gasteiger partial charge in [0.2, 0.25) is 5.91 Å². The van der Waals surface area contributed by atoms with Crippen LogP contribution in [0.15, 0.2) is 36.4 Å². The molecule has 6 saturated carbocycles. The lowest BCUT2D eigenvalue weighted by molar-refractivity contribution is -0.396. The van der Waals surface area contributed by atoms with Gasteiger partial charge in [-0.1, -0.05) is 39.0 Å². The summed E-state index contributed by atoms with van der Waals surface area (Å²) in [6.07, 6.45) is 2.43. The maximum atomic E-state index is 14.4. The fraction of sp³-hybridized carbons (Fsp3) is 0.659. The number of hydrogen-bond donors (Lipinski definition) is 3. The molecule has 6 atom stereocenters. The first-order valence-corrected chi connectivity index (χ1v) is 22.1. The molecule has 0 aromatic heterocycles. The van der Waals surface area contributed by atoms with E-state index in [0.29, 0.717) is 40.5 Å². The molecule has 9 rings (SSSR count). The highest BCUT2D eigenvalue weighted by Crippen LogP contribution is 2.90. The van der Waals surface area contributed by atoms with E-state index < -0.39 is 51.2 Å². The highest BCUT2D eigenvalue weighted by atomic mass is 32.2. The third-order valence-corrected chi connectivity index (χ3v) is 17.1. The van der Waals surface area contributed by atoms with Gasteiger partial charge in [0.05, 0.1) is 42.7 Å². The van der Waals surface area contributed by atoms with E-state index in [9.17, 15) is 27.9 Å². The number of para-hydroxylation sites is 1. The van der Waals surface area contributed by atoms with Gasteiger partial charge in [-0.2, -0.15) is 5.06 Å². The lowest BCUT2D eigenvalue weighted by Gasteiger charge is -2.89. The average Bonchev–Trinajstić information content (AvgIpc) is 3.49. The summed E-state index contributed by atoms with van der Waals surface area (Å²) in [4.78, 5) is 51.5. The van der Waals surface area contributed by atoms with Crippen LogP contribution < -0.4 is 20.3 Å². The Morgan fingerprint density at radius 3 is 2.29 bits per heavy atom. The number of nitrogens with one attached hydrogen (secondary N) is 2. The quantitative estimate of drug-likeness (QED) is 0.235. The number of nitrogens with zero attached hydrogens (tertiary/aromatic N) is 3. The van der Waals surface area contributed by atoms with Crippen molar-refractivity contribution in [2.24, 2.45) is 28.1 Å². The van der Waals surface area contributed by atoms with Crippen LogP contribution in [-0.2, 0) is 30.8 Å². The zero-order valence-corrected chi connectivity index (χ0v) is 37.2. The number of hydroxylamine groups is 2. The van der Waals surface area contributed by atoms with Crippen LogP contribution in [0.4, 0.5) is 5.69 Å². The number of sulfone groups is 1. The Kier molecular flexibility index (Phi) is 11.7. The first-order valence-electron chi connectivity index (χ1n) is 20.4. The number of carbonyl (C=O) groups is 3. The number of hydrogen-bond acceptors (Lipinski definition) is 11. The molecule has 58 heavy (non-hydrogen) atoms. The molecule has 0 radical (unpaired) electrons. The second-order valence-electron chi connectivity index (χ2n) is 19.5. The zero-order chi connectivity index (χ0) is 42.9. The van der Waals surface area contributed by atoms with Gasteiger partial charge in [-0.05, 0) is 107 Å². The predicted octanol–water partition coefficient (Wildman–Crippen LogP) is 4.31. The molecule has 2 aromatic carbocycles. The molecule has 3 N–H and O–H groups in total. The van der Waals surface area contributed by atoms with Crippen molar-refractivity contribution < 1.29 is 37.5 Å². The van der Waals surface area contributed by atoms with Gasteiger partial charge >= 0.3 is 0 Å². The minimum Gasteiger partial charge on any atom is -0.496 e. The molecule has 1 heterocycles. The minimum absolute atomic E-state index is 0.0139. The van der Waals surface area contributed by atoms with E-state index in [1.165, 1.54) is 24.8 Å². The zero-order valence-electron chi connectivity index (χ0n) is 36.4. The predicted molar refractivity (Wildman–Crippen MR) is 225 cm³/mol. The van der Waals surface area contributed by atoms with Crippen molar-refractivity contribution in [3.63, 3.8) is 0 Å². The van der Waals surface area contributed by atoms with E-state index in [2.05, 4.69) is 31.4 Å². The van der Waals surface area contributed by atoms with Crippen molar-refractivity contribution >= 4 is 33.1 Å². The van der Waals surface area contributed by atoms with Crippen molar-refractivity contribution in [2.75, 3.05) is 59.1 Å². The standard InChI is InChI=1S/C44H65N5O8S/c1-26-34(19-43-24-44(26,25-43)42(43,6)7)46-40(53)37-36(27(2)51)35(22-50)57-49(37)20-28-14-13-15-33(38(28)56-12)29-16-30(18-32(17-29)48(10)11)39(52)45-31(21-47(8)9)23-58(54,55)41(3,4)5/h13-18,26,31,34-37,50H,19-25H2,1-12H3,(H,45,52)(H,46,53)/t26-,31+,34?,35+,36-,37+,43?,44?/m1/s1. The smallest absolute Gasteiger partial charge is 0.251 e. The summed E-state index contributed by atoms with van der Waals surface area (Å²) in [6.45, 7) is 13.3. The maximum absolute atomic E-state index is 14.4. The molecule has 2 amide bonds. The van der Waals surface area contributed by atoms with E-state index in [0.717, 1.165) is 12.1 Å². The minimum atomic E-state index is -3.54. The molecule has 2 bridgehead atoms. The molecule has 7 fully saturated rings. The highest BCUT2D eigenvalue weighted by Gasteiger charge is 2.84. The topological polar surface area (TPSA) is 158 Å². The molecule has 1 aliphatic heterocycles. The van der Waals surface area contributed by atoms with Crippen molar-refractivity contribution in [1.82, 2.24) is 20.6 Å². The molecule has 1 saturated heterocycles. The molecule has 13 nitrogen and oxygen atoms in total. The number of aliphatic hydroxyl groups is 1. The molecule has 0 spiro atoms. The Morgan fingerprint density at radius 2 is 1.76 bits per heavy atom. The van der Waals surface area contributed by atoms with Gasteiger partial charge in [0.25, 0.3) is 5.91 Å². The summed E-state index contributed by atoms with van der Waals surface area (Å²) >= 11 is 0. The van der Waals surface area contributed by atoms with Crippen LogP contribution in [0.25, 0.3) is 11.1 Å². The number of likely N-dealkylation sites (N-methyl/N-ethyl adjacent to an activating group) is 1. The summed E-state index contributed by atoms with van der Waals surface area (Å²) < 4.78 is 31.5. The van der Waals surface area contributed by atoms with E-state index in [1.807, 2.05) is 62.3 Å². The second kappa shape index (κ2) is 15.5. The number of aliphatic hydroxyl groups excluding tert-OH is 1. The first kappa shape index (κ1) is 44.0. The number of amides is 2. The monoisotopic (exact) mass is 823 g/mol. The molecule has 2 aromatic rings. The number of carbonyl (C=O) groups excluding carboxylic acids is 3. The van der Waals surface area contributed by atoms with Crippen LogP contribution >= 0.6 is 0 Å². The fourth-order valence-electron chi connectivity index (χ4n) is 10.7. The van der Waals surface area contributed by atoms with Crippen LogP contribution in [0.5, 0.6) is 5.75 Å². The van der Waals surface area contributed by atoms with Crippen LogP contribution in [0.1, 0.15) is 83.7 Å². The molecular formula is C44H65N5O8S. The Morgan fingerprint density at radius 1 is 1.09 bits per heavy atom. The van der Waals surface area contributed by atoms with E-state index in [1.54, 1.807) is 40.0 Å². The van der Waals surface area contributed by atoms with Crippen molar-refractivity contribution in [3.8, 4) is 16.9 Å². The van der Waals surface area contributed by atoms with Gasteiger partial charge in [0.15, 0.2) is 9.84 Å². The number of ketones is 1. The molecule has 14 heteroatoms. The average molecular weight is 824 g/mol. The van der Waals surface area contributed by atoms with Gasteiger partial charge in [-0.3, -0.25) is 19.2 Å². The summed E-state index contributed by atoms with van der Waals surface area (Å²) in [6, 6.07) is 9.42. The second-order valence-corrected chi connectivity index (χ2v) is 22.3. The van der Waals surface area contributed by atoms with E-state index in [4.69, 9.17) is 9.57 Å². The lowest BCUT2D eigenvalue weighted by Crippen LogP contribution is -2.84. The molecule has 320 valence electrons. The van der Waals surface area contributed by atoms with E-state index in [-0.39, 0.29) is 46.3 Å². The Hall–Kier alpha value is -3.56. The Labute approximate surface area is 345 Å². The van der Waals surface area contributed by atoms with Gasteiger partial charge < -0.3 is 30.3 Å². The van der Waals surface area contributed by atoms with Crippen LogP contribution in [0, 0.1) is 28.1 Å². The summed E-state index contributed by atoms with van der Waals surface area (Å²) in [5.41, 5.74) is 3.84. The van der Waals surface area contributed by atoms with Gasteiger partial charge in [-0.15, -0.1) is 0 Å². The molecular weight excluding hydrogens is 759 g/mol. The van der Waals surface area contributed by atoms with Crippen LogP contribution in [0.2, 0.25) is 0 Å². The first-order chi connectivity index (χ1) is 26.9. The number of methoxy groups -OCH3 is 1. The third-order valence-electron chi connectivity index (χ3n) is 14.4. The van der Waals surface area contributed by atoms with Crippen molar-refractivity contribution in [1.29, 1.82) is 0 Å². The third kappa shape index (κ3) is 7.35. The normalized spacial score (nSPS) is 29.2. The molecule has 1 unspecified atom stereocenters. The van der Waals surface area contributed by atoms with Crippen molar-refractivity contribution in [2.45, 2.75) is 103 Å². The number of ether oxygens (including phenoxy) is 1. The van der Waals surface area contributed by atoms with Crippen LogP contribution in [0.3, 0.4) is 0 Å². The highest BCUT2D eigenvalue weighted by molar-refractivity contribution is 7.92. The van der Waals surface area contributed by atoms with Crippen molar-refractivity contribution in [3.05, 3.63) is 47.5 Å². The van der Waals surface area contributed by atoms with Gasteiger partial charge in [0.1, 0.15) is 23.7 Å². The largest absolute Gasteiger partial charge is 0.496 e. The number of Topliss-reactive ketones (excluding diaryl/α,β-unsaturated/α-hetero) is 1. The number of anilines is 1. The summed E-state index contributed by atoms with van der Waals surface area (Å²) in [5.74, 6) is -1.24. The summed E-state index contributed by atoms with van der Waals surface area (Å²) in [5, 5.41) is 18.2. The molecule has 7 aliphatic rings. The van der Waals surface area contributed by atoms with Gasteiger partial charge in [0, 0.05) is 49.1 Å². The fourth-order valence-corrected chi connectivity index (χ4v) is 11.9. The Balaban J connectivity index is 1.29. The number of rotatable bonds is 15. The van der Waals surface area contributed by atoms with Gasteiger partial charge in [-0.25, -0.2) is 8.42 Å². The van der Waals surface area contributed by atoms with E-state index >= 15 is 0 Å². The maximum Gasteiger partial charge on any atom is 0.251 e. The summed E-state index contributed by atoms with van der Waals surface area (Å²) in [7, 11) is 5.42.